The highest BCUT2D eigenvalue weighted by atomic mass is 35.5. The molecule has 1 aliphatic carbocycles. The van der Waals surface area contributed by atoms with Gasteiger partial charge in [-0.25, -0.2) is 9.97 Å². The lowest BCUT2D eigenvalue weighted by Gasteiger charge is -2.12. The molecule has 0 unspecified atom stereocenters. The van der Waals surface area contributed by atoms with Gasteiger partial charge in [0.2, 0.25) is 5.91 Å². The monoisotopic (exact) mass is 446 g/mol. The normalized spacial score (nSPS) is 13.3. The van der Waals surface area contributed by atoms with E-state index in [1.54, 1.807) is 40.3 Å². The predicted molar refractivity (Wildman–Crippen MR) is 119 cm³/mol. The molecule has 1 N–H and O–H groups in total. The second-order valence-corrected chi connectivity index (χ2v) is 9.05. The van der Waals surface area contributed by atoms with E-state index in [0.717, 1.165) is 41.5 Å². The van der Waals surface area contributed by atoms with Gasteiger partial charge in [0.15, 0.2) is 10.3 Å². The summed E-state index contributed by atoms with van der Waals surface area (Å²) in [5, 5.41) is 4.23. The molecule has 0 radical (unpaired) electrons. The molecule has 0 bridgehead atoms. The van der Waals surface area contributed by atoms with Gasteiger partial charge in [-0.3, -0.25) is 14.2 Å². The number of allylic oxidation sites excluding steroid dienone is 1. The number of thioether (sulfide) groups is 1. The Morgan fingerprint density at radius 3 is 3.03 bits per heavy atom. The van der Waals surface area contributed by atoms with Crippen LogP contribution in [0, 0.1) is 0 Å². The highest BCUT2D eigenvalue weighted by molar-refractivity contribution is 7.99. The summed E-state index contributed by atoms with van der Waals surface area (Å²) in [4.78, 5) is 36.3. The number of amides is 1. The Morgan fingerprint density at radius 1 is 1.41 bits per heavy atom. The van der Waals surface area contributed by atoms with Crippen LogP contribution in [0.25, 0.3) is 10.2 Å². The lowest BCUT2D eigenvalue weighted by Crippen LogP contribution is -2.24. The van der Waals surface area contributed by atoms with Crippen molar-refractivity contribution in [3.05, 3.63) is 56.9 Å². The molecule has 4 rings (SSSR count). The topological polar surface area (TPSA) is 76.9 Å². The van der Waals surface area contributed by atoms with Crippen molar-refractivity contribution in [3.63, 3.8) is 0 Å². The maximum absolute atomic E-state index is 13.2. The van der Waals surface area contributed by atoms with E-state index in [-0.39, 0.29) is 22.4 Å². The van der Waals surface area contributed by atoms with Crippen molar-refractivity contribution in [2.75, 3.05) is 11.1 Å². The third-order valence-corrected chi connectivity index (χ3v) is 7.18. The average molecular weight is 447 g/mol. The molecule has 3 aromatic rings. The second kappa shape index (κ2) is 8.69. The molecule has 9 heteroatoms. The number of nitrogens with one attached hydrogen (secondary N) is 1. The van der Waals surface area contributed by atoms with E-state index in [2.05, 4.69) is 16.9 Å². The molecule has 3 heterocycles. The summed E-state index contributed by atoms with van der Waals surface area (Å²) in [6, 6.07) is 3.39. The van der Waals surface area contributed by atoms with Crippen molar-refractivity contribution >= 4 is 56.5 Å². The Labute approximate surface area is 181 Å². The van der Waals surface area contributed by atoms with Crippen molar-refractivity contribution in [3.8, 4) is 0 Å². The van der Waals surface area contributed by atoms with Crippen molar-refractivity contribution in [1.82, 2.24) is 14.5 Å². The number of rotatable bonds is 6. The van der Waals surface area contributed by atoms with Gasteiger partial charge in [0.25, 0.3) is 5.56 Å². The largest absolute Gasteiger partial charge is 0.323 e. The second-order valence-electron chi connectivity index (χ2n) is 6.67. The molecule has 3 aromatic heterocycles. The zero-order valence-electron chi connectivity index (χ0n) is 15.6. The molecule has 0 atom stereocenters. The van der Waals surface area contributed by atoms with Gasteiger partial charge < -0.3 is 5.32 Å². The molecule has 0 spiro atoms. The van der Waals surface area contributed by atoms with E-state index < -0.39 is 0 Å². The third-order valence-electron chi connectivity index (χ3n) is 4.72. The van der Waals surface area contributed by atoms with E-state index in [4.69, 9.17) is 16.6 Å². The summed E-state index contributed by atoms with van der Waals surface area (Å²) >= 11 is 8.82. The number of fused-ring (bicyclic) bond motifs is 3. The molecule has 0 saturated carbocycles. The number of halogens is 1. The van der Waals surface area contributed by atoms with Crippen molar-refractivity contribution in [1.29, 1.82) is 0 Å². The predicted octanol–water partition coefficient (Wildman–Crippen LogP) is 4.30. The molecule has 0 aliphatic heterocycles. The van der Waals surface area contributed by atoms with Gasteiger partial charge in [-0.05, 0) is 43.4 Å². The number of pyridine rings is 1. The third kappa shape index (κ3) is 4.10. The Balaban J connectivity index is 1.62. The van der Waals surface area contributed by atoms with Crippen LogP contribution in [-0.2, 0) is 24.2 Å². The first-order chi connectivity index (χ1) is 14.1. The molecule has 1 aliphatic rings. The first kappa shape index (κ1) is 20.1. The zero-order chi connectivity index (χ0) is 20.4. The summed E-state index contributed by atoms with van der Waals surface area (Å²) in [6.07, 6.45) is 7.43. The maximum atomic E-state index is 13.2. The summed E-state index contributed by atoms with van der Waals surface area (Å²) < 4.78 is 1.60. The van der Waals surface area contributed by atoms with E-state index in [1.807, 2.05) is 0 Å². The summed E-state index contributed by atoms with van der Waals surface area (Å²) in [7, 11) is 0. The van der Waals surface area contributed by atoms with Crippen LogP contribution >= 0.6 is 34.7 Å². The molecule has 6 nitrogen and oxygen atoms in total. The van der Waals surface area contributed by atoms with E-state index in [9.17, 15) is 9.59 Å². The SMILES string of the molecule is C=CCn1c(SCC(=O)Nc2cccnc2Cl)nc2sc3c(c2c1=O)CCCC3. The maximum Gasteiger partial charge on any atom is 0.263 e. The zero-order valence-corrected chi connectivity index (χ0v) is 18.0. The Hall–Kier alpha value is -2.16. The number of thiophene rings is 1. The lowest BCUT2D eigenvalue weighted by atomic mass is 9.97. The van der Waals surface area contributed by atoms with E-state index >= 15 is 0 Å². The summed E-state index contributed by atoms with van der Waals surface area (Å²) in [5.74, 6) is -0.138. The van der Waals surface area contributed by atoms with E-state index in [1.165, 1.54) is 16.6 Å². The molecule has 1 amide bonds. The number of hydrogen-bond acceptors (Lipinski definition) is 6. The fourth-order valence-corrected chi connectivity index (χ4v) is 5.69. The average Bonchev–Trinajstić information content (AvgIpc) is 3.09. The van der Waals surface area contributed by atoms with Crippen LogP contribution < -0.4 is 10.9 Å². The minimum Gasteiger partial charge on any atom is -0.323 e. The van der Waals surface area contributed by atoms with Crippen molar-refractivity contribution in [2.24, 2.45) is 0 Å². The van der Waals surface area contributed by atoms with Crippen LogP contribution in [0.2, 0.25) is 5.15 Å². The highest BCUT2D eigenvalue weighted by Crippen LogP contribution is 2.34. The van der Waals surface area contributed by atoms with Crippen molar-refractivity contribution < 1.29 is 4.79 Å². The number of aromatic nitrogens is 3. The number of carbonyl (C=O) groups is 1. The van der Waals surface area contributed by atoms with Crippen LogP contribution in [0.1, 0.15) is 23.3 Å². The minimum absolute atomic E-state index is 0.0486. The number of hydrogen-bond donors (Lipinski definition) is 1. The van der Waals surface area contributed by atoms with Gasteiger partial charge in [-0.1, -0.05) is 29.4 Å². The summed E-state index contributed by atoms with van der Waals surface area (Å²) in [5.41, 5.74) is 1.57. The number of carbonyl (C=O) groups excluding carboxylic acids is 1. The van der Waals surface area contributed by atoms with E-state index in [0.29, 0.717) is 17.4 Å². The van der Waals surface area contributed by atoms with Gasteiger partial charge >= 0.3 is 0 Å². The number of nitrogens with zero attached hydrogens (tertiary/aromatic N) is 3. The standard InChI is InChI=1S/C20H19ClN4O2S2/c1-2-10-25-19(27)16-12-6-3-4-8-14(12)29-18(16)24-20(25)28-11-15(26)23-13-7-5-9-22-17(13)21/h2,5,7,9H,1,3-4,6,8,10-11H2,(H,23,26). The molecular weight excluding hydrogens is 428 g/mol. The molecular formula is C20H19ClN4O2S2. The smallest absolute Gasteiger partial charge is 0.263 e. The van der Waals surface area contributed by atoms with Crippen LogP contribution in [0.15, 0.2) is 40.9 Å². The fraction of sp³-hybridized carbons (Fsp3) is 0.300. The fourth-order valence-electron chi connectivity index (χ4n) is 3.42. The minimum atomic E-state index is -0.241. The molecule has 150 valence electrons. The van der Waals surface area contributed by atoms with Gasteiger partial charge in [-0.2, -0.15) is 0 Å². The van der Waals surface area contributed by atoms with Crippen LogP contribution in [0.5, 0.6) is 0 Å². The Kier molecular flexibility index (Phi) is 6.03. The van der Waals surface area contributed by atoms with Crippen LogP contribution in [0.4, 0.5) is 5.69 Å². The van der Waals surface area contributed by atoms with Gasteiger partial charge in [0.05, 0.1) is 16.8 Å². The first-order valence-electron chi connectivity index (χ1n) is 9.27. The Bertz CT molecular complexity index is 1160. The number of aryl methyl sites for hydroxylation is 2. The van der Waals surface area contributed by atoms with Crippen LogP contribution in [0.3, 0.4) is 0 Å². The van der Waals surface area contributed by atoms with Gasteiger partial charge in [-0.15, -0.1) is 17.9 Å². The van der Waals surface area contributed by atoms with Gasteiger partial charge in [0, 0.05) is 17.6 Å². The summed E-state index contributed by atoms with van der Waals surface area (Å²) in [6.45, 7) is 4.11. The quantitative estimate of drug-likeness (QED) is 0.264. The molecule has 0 fully saturated rings. The highest BCUT2D eigenvalue weighted by Gasteiger charge is 2.22. The number of anilines is 1. The molecule has 29 heavy (non-hydrogen) atoms. The van der Waals surface area contributed by atoms with Crippen LogP contribution in [-0.4, -0.2) is 26.2 Å². The molecule has 0 aromatic carbocycles. The molecule has 0 saturated heterocycles. The first-order valence-corrected chi connectivity index (χ1v) is 11.5. The van der Waals surface area contributed by atoms with Gasteiger partial charge in [0.1, 0.15) is 4.83 Å². The Morgan fingerprint density at radius 2 is 2.24 bits per heavy atom. The van der Waals surface area contributed by atoms with Crippen molar-refractivity contribution in [2.45, 2.75) is 37.4 Å². The lowest BCUT2D eigenvalue weighted by molar-refractivity contribution is -0.113.